The highest BCUT2D eigenvalue weighted by atomic mass is 19.4. The van der Waals surface area contributed by atoms with Crippen molar-refractivity contribution in [3.63, 3.8) is 0 Å². The summed E-state index contributed by atoms with van der Waals surface area (Å²) in [6.45, 7) is -0.684. The van der Waals surface area contributed by atoms with Crippen molar-refractivity contribution in [2.45, 2.75) is 12.1 Å². The minimum atomic E-state index is -4.41. The van der Waals surface area contributed by atoms with E-state index in [1.807, 2.05) is 0 Å². The summed E-state index contributed by atoms with van der Waals surface area (Å²) in [5.41, 5.74) is 0.0550. The molecule has 0 amide bonds. The molecule has 78 valence electrons. The molecule has 0 aromatic carbocycles. The maximum absolute atomic E-state index is 12.4. The van der Waals surface area contributed by atoms with Crippen molar-refractivity contribution >= 4 is 6.47 Å². The number of nitrogens with one attached hydrogen (secondary N) is 1. The molecule has 1 heterocycles. The first-order valence-corrected chi connectivity index (χ1v) is 3.80. The smallest absolute Gasteiger partial charge is 0.399 e. The summed E-state index contributed by atoms with van der Waals surface area (Å²) in [6.07, 6.45) is -1.80. The van der Waals surface area contributed by atoms with Gasteiger partial charge in [0.2, 0.25) is 0 Å². The molecule has 0 aliphatic rings. The summed E-state index contributed by atoms with van der Waals surface area (Å²) in [5.74, 6) is -1.76. The van der Waals surface area contributed by atoms with Crippen molar-refractivity contribution in [2.75, 3.05) is 6.61 Å². The van der Waals surface area contributed by atoms with Crippen LogP contribution in [-0.2, 0) is 9.53 Å². The maximum atomic E-state index is 12.4. The molecule has 1 N–H and O–H groups in total. The monoisotopic (exact) mass is 207 g/mol. The van der Waals surface area contributed by atoms with Gasteiger partial charge in [-0.1, -0.05) is 0 Å². The zero-order valence-electron chi connectivity index (χ0n) is 7.04. The summed E-state index contributed by atoms with van der Waals surface area (Å²) >= 11 is 0. The average Bonchev–Trinajstić information content (AvgIpc) is 2.55. The number of aromatic amines is 1. The van der Waals surface area contributed by atoms with Gasteiger partial charge < -0.3 is 9.72 Å². The van der Waals surface area contributed by atoms with Crippen molar-refractivity contribution < 1.29 is 22.7 Å². The predicted octanol–water partition coefficient (Wildman–Crippen LogP) is 1.83. The Labute approximate surface area is 77.9 Å². The zero-order chi connectivity index (χ0) is 10.6. The molecule has 1 aromatic heterocycles. The fraction of sp³-hybridized carbons (Fsp3) is 0.375. The van der Waals surface area contributed by atoms with E-state index in [1.165, 1.54) is 18.5 Å². The van der Waals surface area contributed by atoms with Crippen LogP contribution in [0.15, 0.2) is 18.5 Å². The molecule has 1 rings (SSSR count). The van der Waals surface area contributed by atoms with E-state index >= 15 is 0 Å². The number of H-pyrrole nitrogens is 1. The van der Waals surface area contributed by atoms with Gasteiger partial charge in [-0.3, -0.25) is 4.79 Å². The number of aromatic nitrogens is 1. The predicted molar refractivity (Wildman–Crippen MR) is 41.6 cm³/mol. The fourth-order valence-electron chi connectivity index (χ4n) is 1.07. The number of ether oxygens (including phenoxy) is 1. The van der Waals surface area contributed by atoms with E-state index in [1.54, 1.807) is 0 Å². The second kappa shape index (κ2) is 4.17. The number of hydrogen-bond donors (Lipinski definition) is 1. The molecular formula is C8H8F3NO2. The van der Waals surface area contributed by atoms with E-state index in [4.69, 9.17) is 0 Å². The topological polar surface area (TPSA) is 42.1 Å². The van der Waals surface area contributed by atoms with Gasteiger partial charge in [-0.2, -0.15) is 13.2 Å². The Morgan fingerprint density at radius 1 is 1.57 bits per heavy atom. The van der Waals surface area contributed by atoms with Crippen molar-refractivity contribution in [3.8, 4) is 0 Å². The van der Waals surface area contributed by atoms with Crippen molar-refractivity contribution in [1.82, 2.24) is 4.98 Å². The summed E-state index contributed by atoms with van der Waals surface area (Å²) in [4.78, 5) is 12.3. The van der Waals surface area contributed by atoms with E-state index in [0.29, 0.717) is 0 Å². The number of carbonyl (C=O) groups excluding carboxylic acids is 1. The van der Waals surface area contributed by atoms with Crippen LogP contribution in [0.3, 0.4) is 0 Å². The third kappa shape index (κ3) is 2.51. The van der Waals surface area contributed by atoms with Crippen LogP contribution in [0.2, 0.25) is 0 Å². The van der Waals surface area contributed by atoms with E-state index in [-0.39, 0.29) is 12.0 Å². The van der Waals surface area contributed by atoms with Crippen LogP contribution >= 0.6 is 0 Å². The molecule has 0 aliphatic carbocycles. The highest BCUT2D eigenvalue weighted by Gasteiger charge is 2.41. The lowest BCUT2D eigenvalue weighted by Gasteiger charge is -2.17. The van der Waals surface area contributed by atoms with Crippen LogP contribution in [0, 0.1) is 0 Å². The highest BCUT2D eigenvalue weighted by molar-refractivity contribution is 5.37. The van der Waals surface area contributed by atoms with E-state index in [2.05, 4.69) is 9.72 Å². The summed E-state index contributed by atoms with van der Waals surface area (Å²) < 4.78 is 41.3. The molecule has 0 saturated heterocycles. The minimum absolute atomic E-state index is 0.00535. The Morgan fingerprint density at radius 3 is 2.71 bits per heavy atom. The van der Waals surface area contributed by atoms with Gasteiger partial charge in [0.05, 0.1) is 0 Å². The van der Waals surface area contributed by atoms with Crippen molar-refractivity contribution in [3.05, 3.63) is 24.0 Å². The second-order valence-electron chi connectivity index (χ2n) is 2.67. The van der Waals surface area contributed by atoms with Gasteiger partial charge in [0.15, 0.2) is 0 Å². The number of halogens is 3. The molecule has 3 nitrogen and oxygen atoms in total. The standard InChI is InChI=1S/C8H8F3NO2/c9-8(10,11)7(4-14-5-13)6-1-2-12-3-6/h1-3,5,7,12H,4H2. The minimum Gasteiger partial charge on any atom is -0.467 e. The SMILES string of the molecule is O=COCC(c1cc[nH]c1)C(F)(F)F. The number of hydrogen-bond acceptors (Lipinski definition) is 2. The number of alkyl halides is 3. The van der Waals surface area contributed by atoms with E-state index in [9.17, 15) is 18.0 Å². The lowest BCUT2D eigenvalue weighted by atomic mass is 10.0. The first-order valence-electron chi connectivity index (χ1n) is 3.80. The number of carbonyl (C=O) groups is 1. The molecule has 1 unspecified atom stereocenters. The molecule has 1 aromatic rings. The van der Waals surface area contributed by atoms with E-state index < -0.39 is 18.7 Å². The van der Waals surface area contributed by atoms with Gasteiger partial charge in [-0.15, -0.1) is 0 Å². The van der Waals surface area contributed by atoms with Gasteiger partial charge >= 0.3 is 6.18 Å². The molecular weight excluding hydrogens is 199 g/mol. The number of rotatable bonds is 4. The van der Waals surface area contributed by atoms with Gasteiger partial charge in [-0.05, 0) is 11.6 Å². The Morgan fingerprint density at radius 2 is 2.29 bits per heavy atom. The molecule has 6 heteroatoms. The van der Waals surface area contributed by atoms with Crippen LogP contribution in [0.25, 0.3) is 0 Å². The average molecular weight is 207 g/mol. The first kappa shape index (κ1) is 10.6. The molecule has 0 saturated carbocycles. The van der Waals surface area contributed by atoms with Crippen molar-refractivity contribution in [1.29, 1.82) is 0 Å². The van der Waals surface area contributed by atoms with Crippen LogP contribution in [0.4, 0.5) is 13.2 Å². The molecule has 0 aliphatic heterocycles. The van der Waals surface area contributed by atoms with Crippen LogP contribution in [-0.4, -0.2) is 24.2 Å². The third-order valence-corrected chi connectivity index (χ3v) is 1.75. The highest BCUT2D eigenvalue weighted by Crippen LogP contribution is 2.34. The van der Waals surface area contributed by atoms with Crippen LogP contribution < -0.4 is 0 Å². The fourth-order valence-corrected chi connectivity index (χ4v) is 1.07. The Bertz CT molecular complexity index is 281. The molecule has 0 spiro atoms. The summed E-state index contributed by atoms with van der Waals surface area (Å²) in [6, 6.07) is 1.30. The summed E-state index contributed by atoms with van der Waals surface area (Å²) in [5, 5.41) is 0. The van der Waals surface area contributed by atoms with Crippen LogP contribution in [0.5, 0.6) is 0 Å². The largest absolute Gasteiger partial charge is 0.467 e. The maximum Gasteiger partial charge on any atom is 0.399 e. The van der Waals surface area contributed by atoms with Gasteiger partial charge in [-0.25, -0.2) is 0 Å². The van der Waals surface area contributed by atoms with Crippen molar-refractivity contribution in [2.24, 2.45) is 0 Å². The van der Waals surface area contributed by atoms with Gasteiger partial charge in [0.25, 0.3) is 6.47 Å². The van der Waals surface area contributed by atoms with E-state index in [0.717, 1.165) is 0 Å². The molecule has 14 heavy (non-hydrogen) atoms. The molecule has 0 fully saturated rings. The Hall–Kier alpha value is -1.46. The lowest BCUT2D eigenvalue weighted by molar-refractivity contribution is -0.164. The van der Waals surface area contributed by atoms with Crippen LogP contribution in [0.1, 0.15) is 11.5 Å². The molecule has 1 atom stereocenters. The second-order valence-corrected chi connectivity index (χ2v) is 2.67. The van der Waals surface area contributed by atoms with Gasteiger partial charge in [0, 0.05) is 12.4 Å². The van der Waals surface area contributed by atoms with Gasteiger partial charge in [0.1, 0.15) is 12.5 Å². The Balaban J connectivity index is 2.77. The lowest BCUT2D eigenvalue weighted by Crippen LogP contribution is -2.24. The quantitative estimate of drug-likeness (QED) is 0.765. The molecule has 0 radical (unpaired) electrons. The molecule has 0 bridgehead atoms. The summed E-state index contributed by atoms with van der Waals surface area (Å²) in [7, 11) is 0. The third-order valence-electron chi connectivity index (χ3n) is 1.75. The zero-order valence-corrected chi connectivity index (χ0v) is 7.04. The Kier molecular flexibility index (Phi) is 3.16. The normalized spacial score (nSPS) is 13.6. The first-order chi connectivity index (χ1) is 6.55.